The molecule has 5 heteroatoms. The van der Waals surface area contributed by atoms with Crippen LogP contribution in [0.15, 0.2) is 24.3 Å². The zero-order chi connectivity index (χ0) is 15.0. The molecule has 0 heterocycles. The van der Waals surface area contributed by atoms with E-state index in [0.717, 1.165) is 17.9 Å². The van der Waals surface area contributed by atoms with Gasteiger partial charge in [-0.3, -0.25) is 4.79 Å². The molecule has 5 nitrogen and oxygen atoms in total. The van der Waals surface area contributed by atoms with Crippen LogP contribution in [0.1, 0.15) is 18.9 Å². The number of likely N-dealkylation sites (N-methyl/N-ethyl adjacent to an activating group) is 1. The summed E-state index contributed by atoms with van der Waals surface area (Å²) in [6.07, 6.45) is 0.346. The summed E-state index contributed by atoms with van der Waals surface area (Å²) in [5.41, 5.74) is 6.60. The van der Waals surface area contributed by atoms with Crippen molar-refractivity contribution in [2.75, 3.05) is 27.2 Å². The molecule has 0 fully saturated rings. The third-order valence-corrected chi connectivity index (χ3v) is 2.70. The van der Waals surface area contributed by atoms with Crippen molar-refractivity contribution in [3.63, 3.8) is 0 Å². The van der Waals surface area contributed by atoms with Gasteiger partial charge in [-0.25, -0.2) is 0 Å². The molecular weight excluding hydrogens is 254 g/mol. The molecule has 0 aromatic heterocycles. The molecule has 0 saturated heterocycles. The molecule has 0 aliphatic carbocycles. The summed E-state index contributed by atoms with van der Waals surface area (Å²) in [7, 11) is 4.02. The van der Waals surface area contributed by atoms with E-state index in [2.05, 4.69) is 10.2 Å². The fourth-order valence-corrected chi connectivity index (χ4v) is 1.66. The number of carbonyl (C=O) groups is 1. The minimum atomic E-state index is -0.115. The van der Waals surface area contributed by atoms with Crippen LogP contribution >= 0.6 is 0 Å². The van der Waals surface area contributed by atoms with Gasteiger partial charge in [0.15, 0.2) is 0 Å². The average molecular weight is 279 g/mol. The second-order valence-corrected chi connectivity index (χ2v) is 5.26. The summed E-state index contributed by atoms with van der Waals surface area (Å²) in [6.45, 7) is 3.83. The van der Waals surface area contributed by atoms with E-state index in [4.69, 9.17) is 10.5 Å². The van der Waals surface area contributed by atoms with Crippen molar-refractivity contribution < 1.29 is 9.53 Å². The fraction of sp³-hybridized carbons (Fsp3) is 0.533. The minimum Gasteiger partial charge on any atom is -0.492 e. The smallest absolute Gasteiger partial charge is 0.221 e. The van der Waals surface area contributed by atoms with Gasteiger partial charge < -0.3 is 20.7 Å². The summed E-state index contributed by atoms with van der Waals surface area (Å²) < 4.78 is 5.65. The number of amides is 1. The van der Waals surface area contributed by atoms with Gasteiger partial charge in [0.25, 0.3) is 0 Å². The van der Waals surface area contributed by atoms with Crippen LogP contribution in [0.5, 0.6) is 5.75 Å². The van der Waals surface area contributed by atoms with Gasteiger partial charge in [0.05, 0.1) is 0 Å². The van der Waals surface area contributed by atoms with Gasteiger partial charge in [0.2, 0.25) is 5.91 Å². The number of nitrogens with one attached hydrogen (secondary N) is 1. The number of hydrogen-bond acceptors (Lipinski definition) is 4. The third-order valence-electron chi connectivity index (χ3n) is 2.70. The summed E-state index contributed by atoms with van der Waals surface area (Å²) in [6, 6.07) is 7.64. The maximum Gasteiger partial charge on any atom is 0.221 e. The summed E-state index contributed by atoms with van der Waals surface area (Å²) in [5, 5.41) is 2.85. The second kappa shape index (κ2) is 8.55. The second-order valence-electron chi connectivity index (χ2n) is 5.26. The molecule has 0 bridgehead atoms. The molecule has 1 amide bonds. The first-order valence-corrected chi connectivity index (χ1v) is 6.86. The van der Waals surface area contributed by atoms with Crippen molar-refractivity contribution in [2.45, 2.75) is 25.9 Å². The van der Waals surface area contributed by atoms with Crippen molar-refractivity contribution in [3.05, 3.63) is 29.8 Å². The fourth-order valence-electron chi connectivity index (χ4n) is 1.66. The SMILES string of the molecule is CC(N)CC(=O)NCc1cccc(OCCN(C)C)c1. The van der Waals surface area contributed by atoms with Gasteiger partial charge in [-0.1, -0.05) is 12.1 Å². The van der Waals surface area contributed by atoms with Gasteiger partial charge in [0, 0.05) is 25.6 Å². The molecule has 112 valence electrons. The van der Waals surface area contributed by atoms with E-state index in [-0.39, 0.29) is 11.9 Å². The van der Waals surface area contributed by atoms with Crippen LogP contribution in [-0.2, 0) is 11.3 Å². The lowest BCUT2D eigenvalue weighted by Crippen LogP contribution is -2.29. The molecule has 1 aromatic rings. The first-order chi connectivity index (χ1) is 9.47. The number of ether oxygens (including phenoxy) is 1. The van der Waals surface area contributed by atoms with E-state index in [9.17, 15) is 4.79 Å². The standard InChI is InChI=1S/C15H25N3O2/c1-12(16)9-15(19)17-11-13-5-4-6-14(10-13)20-8-7-18(2)3/h4-6,10,12H,7-9,11,16H2,1-3H3,(H,17,19). The Morgan fingerprint density at radius 1 is 1.45 bits per heavy atom. The molecule has 1 rings (SSSR count). The highest BCUT2D eigenvalue weighted by Gasteiger charge is 2.05. The topological polar surface area (TPSA) is 67.6 Å². The number of nitrogens with two attached hydrogens (primary N) is 1. The van der Waals surface area contributed by atoms with Gasteiger partial charge in [0.1, 0.15) is 12.4 Å². The van der Waals surface area contributed by atoms with Crippen molar-refractivity contribution in [2.24, 2.45) is 5.73 Å². The van der Waals surface area contributed by atoms with E-state index in [1.165, 1.54) is 0 Å². The van der Waals surface area contributed by atoms with E-state index in [1.54, 1.807) is 0 Å². The molecule has 20 heavy (non-hydrogen) atoms. The van der Waals surface area contributed by atoms with Gasteiger partial charge in [-0.05, 0) is 38.7 Å². The van der Waals surface area contributed by atoms with Crippen LogP contribution in [0.25, 0.3) is 0 Å². The van der Waals surface area contributed by atoms with E-state index in [1.807, 2.05) is 45.3 Å². The van der Waals surface area contributed by atoms with E-state index >= 15 is 0 Å². The van der Waals surface area contributed by atoms with Crippen LogP contribution < -0.4 is 15.8 Å². The molecule has 0 aliphatic heterocycles. The number of hydrogen-bond donors (Lipinski definition) is 2. The normalized spacial score (nSPS) is 12.2. The molecule has 0 saturated carbocycles. The molecule has 1 atom stereocenters. The lowest BCUT2D eigenvalue weighted by Gasteiger charge is -2.12. The quantitative estimate of drug-likeness (QED) is 0.744. The van der Waals surface area contributed by atoms with Gasteiger partial charge in [-0.2, -0.15) is 0 Å². The monoisotopic (exact) mass is 279 g/mol. The molecule has 1 unspecified atom stereocenters. The van der Waals surface area contributed by atoms with Crippen LogP contribution in [0.2, 0.25) is 0 Å². The Balaban J connectivity index is 2.41. The Morgan fingerprint density at radius 3 is 2.85 bits per heavy atom. The summed E-state index contributed by atoms with van der Waals surface area (Å²) in [5.74, 6) is 0.796. The number of carbonyl (C=O) groups excluding carboxylic acids is 1. The van der Waals surface area contributed by atoms with Crippen molar-refractivity contribution in [1.82, 2.24) is 10.2 Å². The van der Waals surface area contributed by atoms with Gasteiger partial charge in [-0.15, -0.1) is 0 Å². The van der Waals surface area contributed by atoms with Gasteiger partial charge >= 0.3 is 0 Å². The number of benzene rings is 1. The third kappa shape index (κ3) is 7.11. The number of nitrogens with zero attached hydrogens (tertiary/aromatic N) is 1. The number of rotatable bonds is 8. The zero-order valence-corrected chi connectivity index (χ0v) is 12.6. The maximum absolute atomic E-state index is 11.5. The lowest BCUT2D eigenvalue weighted by atomic mass is 10.2. The highest BCUT2D eigenvalue weighted by molar-refractivity contribution is 5.76. The lowest BCUT2D eigenvalue weighted by molar-refractivity contribution is -0.121. The molecular formula is C15H25N3O2. The van der Waals surface area contributed by atoms with Crippen LogP contribution in [0, 0.1) is 0 Å². The predicted octanol–water partition coefficient (Wildman–Crippen LogP) is 0.981. The summed E-state index contributed by atoms with van der Waals surface area (Å²) in [4.78, 5) is 13.6. The maximum atomic E-state index is 11.5. The predicted molar refractivity (Wildman–Crippen MR) is 80.6 cm³/mol. The molecule has 0 spiro atoms. The Hall–Kier alpha value is -1.59. The van der Waals surface area contributed by atoms with Crippen molar-refractivity contribution >= 4 is 5.91 Å². The Bertz CT molecular complexity index is 419. The Labute approximate surface area is 121 Å². The largest absolute Gasteiger partial charge is 0.492 e. The van der Waals surface area contributed by atoms with Crippen molar-refractivity contribution in [1.29, 1.82) is 0 Å². The molecule has 0 radical (unpaired) electrons. The van der Waals surface area contributed by atoms with Crippen LogP contribution in [-0.4, -0.2) is 44.1 Å². The molecule has 3 N–H and O–H groups in total. The van der Waals surface area contributed by atoms with Crippen molar-refractivity contribution in [3.8, 4) is 5.75 Å². The first-order valence-electron chi connectivity index (χ1n) is 6.86. The average Bonchev–Trinajstić information content (AvgIpc) is 2.36. The molecule has 1 aromatic carbocycles. The highest BCUT2D eigenvalue weighted by Crippen LogP contribution is 2.13. The summed E-state index contributed by atoms with van der Waals surface area (Å²) >= 11 is 0. The van der Waals surface area contributed by atoms with Crippen LogP contribution in [0.3, 0.4) is 0 Å². The first kappa shape index (κ1) is 16.5. The van der Waals surface area contributed by atoms with E-state index in [0.29, 0.717) is 19.6 Å². The van der Waals surface area contributed by atoms with Crippen LogP contribution in [0.4, 0.5) is 0 Å². The highest BCUT2D eigenvalue weighted by atomic mass is 16.5. The molecule has 0 aliphatic rings. The Morgan fingerprint density at radius 2 is 2.20 bits per heavy atom. The Kier molecular flexibility index (Phi) is 7.04. The zero-order valence-electron chi connectivity index (χ0n) is 12.6. The minimum absolute atomic E-state index is 0.0288. The van der Waals surface area contributed by atoms with E-state index < -0.39 is 0 Å².